The van der Waals surface area contributed by atoms with E-state index in [-0.39, 0.29) is 0 Å². The summed E-state index contributed by atoms with van der Waals surface area (Å²) in [7, 11) is 1.70. The van der Waals surface area contributed by atoms with Crippen LogP contribution in [0.1, 0.15) is 12.5 Å². The molecule has 0 spiro atoms. The molecule has 1 aliphatic rings. The van der Waals surface area contributed by atoms with Gasteiger partial charge in [0.1, 0.15) is 18.0 Å². The number of ether oxygens (including phenoxy) is 2. The van der Waals surface area contributed by atoms with Crippen molar-refractivity contribution in [3.05, 3.63) is 72.7 Å². The monoisotopic (exact) mass is 255 g/mol. The average molecular weight is 255 g/mol. The van der Waals surface area contributed by atoms with E-state index in [4.69, 9.17) is 9.47 Å². The van der Waals surface area contributed by atoms with Crippen molar-refractivity contribution in [2.24, 2.45) is 0 Å². The Morgan fingerprint density at radius 2 is 1.89 bits per heavy atom. The zero-order valence-electron chi connectivity index (χ0n) is 11.4. The molecule has 0 atom stereocenters. The Morgan fingerprint density at radius 1 is 1.21 bits per heavy atom. The number of methoxy groups -OCH3 is 1. The molecule has 1 radical (unpaired) electrons. The molecule has 0 fully saturated rings. The van der Waals surface area contributed by atoms with Gasteiger partial charge in [0.25, 0.3) is 0 Å². The molecule has 99 valence electrons. The maximum Gasteiger partial charge on any atom is 0.133 e. The second-order valence-electron chi connectivity index (χ2n) is 4.65. The molecule has 2 rings (SSSR count). The van der Waals surface area contributed by atoms with E-state index in [1.165, 1.54) is 0 Å². The van der Waals surface area contributed by atoms with Gasteiger partial charge in [-0.15, -0.1) is 0 Å². The van der Waals surface area contributed by atoms with Gasteiger partial charge in [0.05, 0.1) is 0 Å². The molecule has 0 bridgehead atoms. The molecule has 1 aromatic carbocycles. The standard InChI is InChI=1S/C17H19O2/c1-14(2)13-19-16-10-6-5-9-15(16)17(18-3)11-7-4-8-12-17/h4-12H,1,13H2,2-3H3. The van der Waals surface area contributed by atoms with Gasteiger partial charge in [0.2, 0.25) is 0 Å². The van der Waals surface area contributed by atoms with Gasteiger partial charge in [0.15, 0.2) is 0 Å². The van der Waals surface area contributed by atoms with Crippen molar-refractivity contribution in [1.82, 2.24) is 0 Å². The molecule has 0 aromatic heterocycles. The first-order chi connectivity index (χ1) is 9.18. The minimum Gasteiger partial charge on any atom is -0.489 e. The van der Waals surface area contributed by atoms with Crippen LogP contribution in [0, 0.1) is 6.42 Å². The van der Waals surface area contributed by atoms with Gasteiger partial charge in [-0.1, -0.05) is 36.9 Å². The van der Waals surface area contributed by atoms with Crippen LogP contribution in [-0.2, 0) is 10.3 Å². The van der Waals surface area contributed by atoms with Crippen LogP contribution in [0.4, 0.5) is 0 Å². The number of hydrogen-bond acceptors (Lipinski definition) is 2. The molecule has 0 unspecified atom stereocenters. The average Bonchev–Trinajstić information content (AvgIpc) is 2.46. The van der Waals surface area contributed by atoms with Crippen LogP contribution < -0.4 is 4.74 Å². The predicted octanol–water partition coefficient (Wildman–Crippen LogP) is 3.81. The molecule has 1 aromatic rings. The number of para-hydroxylation sites is 1. The van der Waals surface area contributed by atoms with Crippen molar-refractivity contribution in [2.75, 3.05) is 13.7 Å². The molecule has 0 aliphatic heterocycles. The number of rotatable bonds is 5. The topological polar surface area (TPSA) is 18.5 Å². The highest BCUT2D eigenvalue weighted by Gasteiger charge is 2.30. The van der Waals surface area contributed by atoms with Gasteiger partial charge in [-0.3, -0.25) is 0 Å². The van der Waals surface area contributed by atoms with E-state index in [0.29, 0.717) is 6.61 Å². The fourth-order valence-corrected chi connectivity index (χ4v) is 2.06. The van der Waals surface area contributed by atoms with E-state index in [9.17, 15) is 0 Å². The lowest BCUT2D eigenvalue weighted by Gasteiger charge is -2.30. The summed E-state index contributed by atoms with van der Waals surface area (Å²) in [4.78, 5) is 0. The minimum atomic E-state index is -0.555. The maximum absolute atomic E-state index is 5.82. The third-order valence-electron chi connectivity index (χ3n) is 3.03. The Bertz CT molecular complexity index is 500. The zero-order chi connectivity index (χ0) is 13.7. The fourth-order valence-electron chi connectivity index (χ4n) is 2.06. The second-order valence-corrected chi connectivity index (χ2v) is 4.65. The van der Waals surface area contributed by atoms with Crippen LogP contribution in [-0.4, -0.2) is 13.7 Å². The second kappa shape index (κ2) is 5.89. The van der Waals surface area contributed by atoms with Crippen molar-refractivity contribution < 1.29 is 9.47 Å². The maximum atomic E-state index is 5.82. The first kappa shape index (κ1) is 13.6. The van der Waals surface area contributed by atoms with E-state index in [1.807, 2.05) is 61.9 Å². The molecule has 2 heteroatoms. The molecule has 0 saturated heterocycles. The van der Waals surface area contributed by atoms with Crippen molar-refractivity contribution in [3.8, 4) is 5.75 Å². The molecular formula is C17H19O2. The molecule has 0 N–H and O–H groups in total. The van der Waals surface area contributed by atoms with Gasteiger partial charge in [-0.2, -0.15) is 0 Å². The summed E-state index contributed by atoms with van der Waals surface area (Å²) in [6.07, 6.45) is 10.00. The van der Waals surface area contributed by atoms with E-state index in [2.05, 4.69) is 6.58 Å². The lowest BCUT2D eigenvalue weighted by Crippen LogP contribution is -2.25. The van der Waals surface area contributed by atoms with Crippen molar-refractivity contribution in [3.63, 3.8) is 0 Å². The van der Waals surface area contributed by atoms with Crippen LogP contribution in [0.3, 0.4) is 0 Å². The molecule has 0 heterocycles. The van der Waals surface area contributed by atoms with E-state index >= 15 is 0 Å². The normalized spacial score (nSPS) is 16.3. The third kappa shape index (κ3) is 2.96. The zero-order valence-corrected chi connectivity index (χ0v) is 11.4. The summed E-state index contributed by atoms with van der Waals surface area (Å²) in [5.41, 5.74) is 1.43. The van der Waals surface area contributed by atoms with Crippen LogP contribution in [0.2, 0.25) is 0 Å². The smallest absolute Gasteiger partial charge is 0.133 e. The minimum absolute atomic E-state index is 0.510. The summed E-state index contributed by atoms with van der Waals surface area (Å²) in [6, 6.07) is 7.93. The predicted molar refractivity (Wildman–Crippen MR) is 78.0 cm³/mol. The van der Waals surface area contributed by atoms with E-state index < -0.39 is 5.60 Å². The highest BCUT2D eigenvalue weighted by atomic mass is 16.5. The van der Waals surface area contributed by atoms with Crippen LogP contribution in [0.15, 0.2) is 60.7 Å². The summed E-state index contributed by atoms with van der Waals surface area (Å²) >= 11 is 0. The van der Waals surface area contributed by atoms with Crippen LogP contribution >= 0.6 is 0 Å². The SMILES string of the molecule is C=C(C)COc1ccccc1C1(OC)C=C[CH]C=C1. The van der Waals surface area contributed by atoms with Crippen molar-refractivity contribution in [2.45, 2.75) is 12.5 Å². The van der Waals surface area contributed by atoms with Gasteiger partial charge >= 0.3 is 0 Å². The molecular weight excluding hydrogens is 236 g/mol. The van der Waals surface area contributed by atoms with Gasteiger partial charge in [-0.05, 0) is 30.7 Å². The summed E-state index contributed by atoms with van der Waals surface area (Å²) in [5, 5.41) is 0. The summed E-state index contributed by atoms with van der Waals surface area (Å²) in [5.74, 6) is 0.823. The molecule has 1 aliphatic carbocycles. The van der Waals surface area contributed by atoms with Crippen molar-refractivity contribution in [1.29, 1.82) is 0 Å². The lowest BCUT2D eigenvalue weighted by molar-refractivity contribution is 0.0689. The first-order valence-electron chi connectivity index (χ1n) is 6.30. The Kier molecular flexibility index (Phi) is 4.23. The van der Waals surface area contributed by atoms with Crippen LogP contribution in [0.25, 0.3) is 0 Å². The number of hydrogen-bond donors (Lipinski definition) is 0. The highest BCUT2D eigenvalue weighted by molar-refractivity contribution is 5.46. The van der Waals surface area contributed by atoms with Crippen LogP contribution in [0.5, 0.6) is 5.75 Å². The van der Waals surface area contributed by atoms with Gasteiger partial charge < -0.3 is 9.47 Å². The fraction of sp³-hybridized carbons (Fsp3) is 0.235. The highest BCUT2D eigenvalue weighted by Crippen LogP contribution is 2.37. The Balaban J connectivity index is 2.37. The third-order valence-corrected chi connectivity index (χ3v) is 3.03. The Hall–Kier alpha value is -1.80. The molecule has 0 saturated carbocycles. The molecule has 2 nitrogen and oxygen atoms in total. The number of allylic oxidation sites excluding steroid dienone is 2. The van der Waals surface area contributed by atoms with Gasteiger partial charge in [-0.25, -0.2) is 0 Å². The largest absolute Gasteiger partial charge is 0.489 e. The Labute approximate surface area is 115 Å². The van der Waals surface area contributed by atoms with Gasteiger partial charge in [0, 0.05) is 19.1 Å². The Morgan fingerprint density at radius 3 is 2.53 bits per heavy atom. The van der Waals surface area contributed by atoms with E-state index in [0.717, 1.165) is 16.9 Å². The quantitative estimate of drug-likeness (QED) is 0.745. The number of benzene rings is 1. The summed E-state index contributed by atoms with van der Waals surface area (Å²) < 4.78 is 11.5. The summed E-state index contributed by atoms with van der Waals surface area (Å²) in [6.45, 7) is 6.32. The molecule has 19 heavy (non-hydrogen) atoms. The first-order valence-corrected chi connectivity index (χ1v) is 6.30. The van der Waals surface area contributed by atoms with E-state index in [1.54, 1.807) is 7.11 Å². The lowest BCUT2D eigenvalue weighted by atomic mass is 9.89. The van der Waals surface area contributed by atoms with Crippen molar-refractivity contribution >= 4 is 0 Å². The molecule has 0 amide bonds.